The minimum Gasteiger partial charge on any atom is -0.329 e. The van der Waals surface area contributed by atoms with Crippen molar-refractivity contribution >= 4 is 12.1 Å². The maximum absolute atomic E-state index is 12.0. The summed E-state index contributed by atoms with van der Waals surface area (Å²) in [5, 5.41) is 2.35. The van der Waals surface area contributed by atoms with Crippen molar-refractivity contribution < 1.29 is 13.6 Å². The number of carbonyl (C=O) groups excluding carboxylic acids is 1. The summed E-state index contributed by atoms with van der Waals surface area (Å²) in [5.41, 5.74) is 0.459. The zero-order valence-corrected chi connectivity index (χ0v) is 10.1. The van der Waals surface area contributed by atoms with Gasteiger partial charge in [0.1, 0.15) is 0 Å². The summed E-state index contributed by atoms with van der Waals surface area (Å²) in [6.45, 7) is 8.00. The second-order valence-electron chi connectivity index (χ2n) is 2.18. The fourth-order valence-electron chi connectivity index (χ4n) is 0.793. The number of benzene rings is 1. The third-order valence-corrected chi connectivity index (χ3v) is 1.39. The number of anilines is 1. The van der Waals surface area contributed by atoms with Gasteiger partial charge < -0.3 is 5.32 Å². The third-order valence-electron chi connectivity index (χ3n) is 1.39. The van der Waals surface area contributed by atoms with Gasteiger partial charge >= 0.3 is 0 Å². The van der Waals surface area contributed by atoms with E-state index in [1.54, 1.807) is 0 Å². The molecule has 0 fully saturated rings. The molecule has 0 aromatic heterocycles. The molecule has 0 aliphatic rings. The van der Waals surface area contributed by atoms with Crippen molar-refractivity contribution in [1.29, 1.82) is 0 Å². The molecule has 92 valence electrons. The fraction of sp³-hybridized carbons (Fsp3) is 0.417. The van der Waals surface area contributed by atoms with Crippen LogP contribution in [0.15, 0.2) is 24.3 Å². The molecule has 0 radical (unpaired) electrons. The second kappa shape index (κ2) is 11.6. The van der Waals surface area contributed by atoms with Crippen molar-refractivity contribution in [1.82, 2.24) is 0 Å². The SMILES string of the molecule is CC.CC.O=CNc1ccc(C(F)F)cc1. The highest BCUT2D eigenvalue weighted by atomic mass is 19.3. The first kappa shape index (κ1) is 17.0. The molecule has 0 unspecified atom stereocenters. The Balaban J connectivity index is 0. The zero-order chi connectivity index (χ0) is 13.0. The van der Waals surface area contributed by atoms with Crippen LogP contribution in [-0.2, 0) is 4.79 Å². The lowest BCUT2D eigenvalue weighted by Gasteiger charge is -2.00. The Morgan fingerprint density at radius 3 is 1.81 bits per heavy atom. The molecule has 0 saturated heterocycles. The Hall–Kier alpha value is -1.45. The molecule has 0 aliphatic heterocycles. The van der Waals surface area contributed by atoms with Crippen LogP contribution in [0.25, 0.3) is 0 Å². The van der Waals surface area contributed by atoms with Gasteiger partial charge in [-0.15, -0.1) is 0 Å². The van der Waals surface area contributed by atoms with Gasteiger partial charge in [0.2, 0.25) is 6.41 Å². The number of nitrogens with one attached hydrogen (secondary N) is 1. The summed E-state index contributed by atoms with van der Waals surface area (Å²) >= 11 is 0. The monoisotopic (exact) mass is 231 g/mol. The highest BCUT2D eigenvalue weighted by molar-refractivity contribution is 5.71. The van der Waals surface area contributed by atoms with E-state index < -0.39 is 6.43 Å². The van der Waals surface area contributed by atoms with Crippen molar-refractivity contribution in [3.8, 4) is 0 Å². The largest absolute Gasteiger partial charge is 0.329 e. The van der Waals surface area contributed by atoms with Gasteiger partial charge in [-0.05, 0) is 12.1 Å². The normalized spacial score (nSPS) is 8.19. The summed E-state index contributed by atoms with van der Waals surface area (Å²) in [4.78, 5) is 9.93. The number of halogens is 2. The first-order chi connectivity index (χ1) is 7.74. The summed E-state index contributed by atoms with van der Waals surface area (Å²) < 4.78 is 24.0. The fourth-order valence-corrected chi connectivity index (χ4v) is 0.793. The number of alkyl halides is 2. The van der Waals surface area contributed by atoms with Gasteiger partial charge in [-0.25, -0.2) is 8.78 Å². The molecule has 0 spiro atoms. The lowest BCUT2D eigenvalue weighted by atomic mass is 10.2. The molecule has 0 aliphatic carbocycles. The molecule has 16 heavy (non-hydrogen) atoms. The molecule has 1 aromatic carbocycles. The van der Waals surface area contributed by atoms with Gasteiger partial charge in [0.25, 0.3) is 6.43 Å². The predicted octanol–water partition coefficient (Wildman–Crippen LogP) is 4.24. The number of rotatable bonds is 3. The van der Waals surface area contributed by atoms with E-state index in [-0.39, 0.29) is 5.56 Å². The van der Waals surface area contributed by atoms with Crippen LogP contribution < -0.4 is 5.32 Å². The van der Waals surface area contributed by atoms with Crippen LogP contribution in [0.5, 0.6) is 0 Å². The highest BCUT2D eigenvalue weighted by Gasteiger charge is 2.04. The molecule has 1 amide bonds. The Kier molecular flexibility index (Phi) is 12.3. The summed E-state index contributed by atoms with van der Waals surface area (Å²) in [5.74, 6) is 0. The standard InChI is InChI=1S/C8H7F2NO.2C2H6/c9-8(10)6-1-3-7(4-2-6)11-5-12;2*1-2/h1-5,8H,(H,11,12);2*1-2H3. The molecular weight excluding hydrogens is 212 g/mol. The van der Waals surface area contributed by atoms with E-state index >= 15 is 0 Å². The average Bonchev–Trinajstić information content (AvgIpc) is 2.35. The summed E-state index contributed by atoms with van der Waals surface area (Å²) in [6, 6.07) is 5.40. The van der Waals surface area contributed by atoms with E-state index in [4.69, 9.17) is 0 Å². The lowest BCUT2D eigenvalue weighted by Crippen LogP contribution is -1.93. The molecular formula is C12H19F2NO. The van der Waals surface area contributed by atoms with E-state index in [9.17, 15) is 13.6 Å². The predicted molar refractivity (Wildman–Crippen MR) is 63.8 cm³/mol. The van der Waals surface area contributed by atoms with E-state index in [0.717, 1.165) is 0 Å². The highest BCUT2D eigenvalue weighted by Crippen LogP contribution is 2.19. The minimum absolute atomic E-state index is 0.0496. The van der Waals surface area contributed by atoms with Crippen molar-refractivity contribution in [2.75, 3.05) is 5.32 Å². The van der Waals surface area contributed by atoms with Crippen LogP contribution in [0.4, 0.5) is 14.5 Å². The van der Waals surface area contributed by atoms with E-state index in [1.165, 1.54) is 24.3 Å². The first-order valence-corrected chi connectivity index (χ1v) is 5.32. The average molecular weight is 231 g/mol. The molecule has 4 heteroatoms. The van der Waals surface area contributed by atoms with Crippen molar-refractivity contribution in [2.24, 2.45) is 0 Å². The number of amides is 1. The Bertz CT molecular complexity index is 260. The first-order valence-electron chi connectivity index (χ1n) is 5.32. The minimum atomic E-state index is -2.46. The Morgan fingerprint density at radius 1 is 1.06 bits per heavy atom. The molecule has 1 N–H and O–H groups in total. The zero-order valence-electron chi connectivity index (χ0n) is 10.1. The van der Waals surface area contributed by atoms with Gasteiger partial charge in [0, 0.05) is 11.3 Å². The van der Waals surface area contributed by atoms with Crippen molar-refractivity contribution in [3.05, 3.63) is 29.8 Å². The van der Waals surface area contributed by atoms with E-state index in [1.807, 2.05) is 27.7 Å². The van der Waals surface area contributed by atoms with Crippen LogP contribution in [-0.4, -0.2) is 6.41 Å². The van der Waals surface area contributed by atoms with Crippen LogP contribution in [0.2, 0.25) is 0 Å². The maximum atomic E-state index is 12.0. The molecule has 0 heterocycles. The molecule has 1 aromatic rings. The molecule has 0 atom stereocenters. The molecule has 1 rings (SSSR count). The summed E-state index contributed by atoms with van der Waals surface area (Å²) in [7, 11) is 0. The van der Waals surface area contributed by atoms with Gasteiger partial charge in [-0.3, -0.25) is 4.79 Å². The number of hydrogen-bond donors (Lipinski definition) is 1. The quantitative estimate of drug-likeness (QED) is 0.774. The van der Waals surface area contributed by atoms with E-state index in [0.29, 0.717) is 12.1 Å². The Morgan fingerprint density at radius 2 is 1.50 bits per heavy atom. The molecule has 2 nitrogen and oxygen atoms in total. The smallest absolute Gasteiger partial charge is 0.263 e. The van der Waals surface area contributed by atoms with Gasteiger partial charge in [0.15, 0.2) is 0 Å². The molecule has 0 saturated carbocycles. The summed E-state index contributed by atoms with van der Waals surface area (Å²) in [6.07, 6.45) is -1.97. The number of hydrogen-bond acceptors (Lipinski definition) is 1. The van der Waals surface area contributed by atoms with Crippen LogP contribution >= 0.6 is 0 Å². The van der Waals surface area contributed by atoms with Crippen LogP contribution in [0.3, 0.4) is 0 Å². The van der Waals surface area contributed by atoms with Gasteiger partial charge in [-0.1, -0.05) is 39.8 Å². The Labute approximate surface area is 95.7 Å². The lowest BCUT2D eigenvalue weighted by molar-refractivity contribution is -0.105. The van der Waals surface area contributed by atoms with Gasteiger partial charge in [0.05, 0.1) is 0 Å². The second-order valence-corrected chi connectivity index (χ2v) is 2.18. The maximum Gasteiger partial charge on any atom is 0.263 e. The van der Waals surface area contributed by atoms with Gasteiger partial charge in [-0.2, -0.15) is 0 Å². The third kappa shape index (κ3) is 6.92. The van der Waals surface area contributed by atoms with Crippen molar-refractivity contribution in [3.63, 3.8) is 0 Å². The van der Waals surface area contributed by atoms with Crippen LogP contribution in [0.1, 0.15) is 39.7 Å². The number of carbonyl (C=O) groups is 1. The molecule has 0 bridgehead atoms. The topological polar surface area (TPSA) is 29.1 Å². The van der Waals surface area contributed by atoms with E-state index in [2.05, 4.69) is 5.32 Å². The van der Waals surface area contributed by atoms with Crippen LogP contribution in [0, 0.1) is 0 Å². The van der Waals surface area contributed by atoms with Crippen molar-refractivity contribution in [2.45, 2.75) is 34.1 Å².